The number of nitrogens with one attached hydrogen (secondary N) is 3. The highest BCUT2D eigenvalue weighted by Gasteiger charge is 2.48. The van der Waals surface area contributed by atoms with E-state index in [4.69, 9.17) is 4.74 Å². The second-order valence-corrected chi connectivity index (χ2v) is 9.46. The third-order valence-electron chi connectivity index (χ3n) is 5.59. The fraction of sp³-hybridized carbons (Fsp3) is 0.579. The van der Waals surface area contributed by atoms with Crippen molar-refractivity contribution in [3.63, 3.8) is 0 Å². The number of amides is 1. The Hall–Kier alpha value is -1.63. The number of ether oxygens (including phenoxy) is 1. The molecule has 0 unspecified atom stereocenters. The SMILES string of the molecule is O=C(NCCC[NH+]1CCOCC1)c1nn2c(c1Br)N[C@H](c1cccs1)C[C@@H]2C(F)(F)F. The number of fused-ring (bicyclic) bond motifs is 1. The van der Waals surface area contributed by atoms with E-state index in [-0.39, 0.29) is 22.4 Å². The molecule has 4 rings (SSSR count). The van der Waals surface area contributed by atoms with E-state index >= 15 is 0 Å². The smallest absolute Gasteiger partial charge is 0.370 e. The van der Waals surface area contributed by atoms with Crippen LogP contribution in [0.1, 0.15) is 40.3 Å². The number of aromatic nitrogens is 2. The van der Waals surface area contributed by atoms with Gasteiger partial charge < -0.3 is 20.3 Å². The molecule has 0 aliphatic carbocycles. The lowest BCUT2D eigenvalue weighted by atomic mass is 10.0. The standard InChI is InChI=1S/C19H23BrF3N5O2S/c20-15-16(18(29)24-4-2-5-27-6-8-30-9-7-27)26-28-14(19(21,22)23)11-12(25-17(15)28)13-3-1-10-31-13/h1,3,10,12,14,25H,2,4-9,11H2,(H,24,29)/p+1/t12-,14+/m0/s1. The van der Waals surface area contributed by atoms with E-state index in [0.717, 1.165) is 48.8 Å². The molecule has 0 aromatic carbocycles. The zero-order chi connectivity index (χ0) is 22.0. The van der Waals surface area contributed by atoms with Gasteiger partial charge in [-0.25, -0.2) is 4.68 Å². The van der Waals surface area contributed by atoms with E-state index < -0.39 is 24.2 Å². The van der Waals surface area contributed by atoms with Crippen LogP contribution < -0.4 is 15.5 Å². The van der Waals surface area contributed by atoms with E-state index in [1.165, 1.54) is 16.2 Å². The fourth-order valence-corrected chi connectivity index (χ4v) is 5.29. The van der Waals surface area contributed by atoms with Crippen LogP contribution in [0.3, 0.4) is 0 Å². The minimum absolute atomic E-state index is 0.0395. The van der Waals surface area contributed by atoms with Gasteiger partial charge in [-0.05, 0) is 27.4 Å². The monoisotopic (exact) mass is 522 g/mol. The summed E-state index contributed by atoms with van der Waals surface area (Å²) >= 11 is 4.70. The molecule has 0 radical (unpaired) electrons. The van der Waals surface area contributed by atoms with Crippen molar-refractivity contribution in [2.45, 2.75) is 31.1 Å². The zero-order valence-corrected chi connectivity index (χ0v) is 19.1. The van der Waals surface area contributed by atoms with Crippen LogP contribution in [-0.2, 0) is 4.74 Å². The first-order chi connectivity index (χ1) is 14.8. The summed E-state index contributed by atoms with van der Waals surface area (Å²) in [5.74, 6) is -0.309. The van der Waals surface area contributed by atoms with Gasteiger partial charge in [-0.1, -0.05) is 6.07 Å². The summed E-state index contributed by atoms with van der Waals surface area (Å²) < 4.78 is 47.8. The quantitative estimate of drug-likeness (QED) is 0.509. The molecule has 4 heterocycles. The zero-order valence-electron chi connectivity index (χ0n) is 16.7. The van der Waals surface area contributed by atoms with Crippen molar-refractivity contribution in [2.24, 2.45) is 0 Å². The van der Waals surface area contributed by atoms with Gasteiger partial charge in [0.2, 0.25) is 0 Å². The largest absolute Gasteiger partial charge is 0.410 e. The molecule has 2 aliphatic heterocycles. The number of morpholine rings is 1. The van der Waals surface area contributed by atoms with E-state index in [0.29, 0.717) is 6.54 Å². The maximum absolute atomic E-state index is 13.8. The number of halogens is 4. The lowest BCUT2D eigenvalue weighted by Gasteiger charge is -2.33. The lowest BCUT2D eigenvalue weighted by molar-refractivity contribution is -0.908. The molecule has 0 saturated carbocycles. The van der Waals surface area contributed by atoms with E-state index in [2.05, 4.69) is 31.7 Å². The predicted molar refractivity (Wildman–Crippen MR) is 114 cm³/mol. The van der Waals surface area contributed by atoms with Gasteiger partial charge in [0, 0.05) is 24.3 Å². The predicted octanol–water partition coefficient (Wildman–Crippen LogP) is 2.40. The fourth-order valence-electron chi connectivity index (χ4n) is 3.94. The Bertz CT molecular complexity index is 899. The first kappa shape index (κ1) is 22.6. The molecule has 1 fully saturated rings. The minimum atomic E-state index is -4.48. The third kappa shape index (κ3) is 5.07. The Morgan fingerprint density at radius 3 is 2.87 bits per heavy atom. The molecular formula is C19H24BrF3N5O2S+. The number of hydrogen-bond donors (Lipinski definition) is 3. The van der Waals surface area contributed by atoms with Gasteiger partial charge in [-0.2, -0.15) is 18.3 Å². The van der Waals surface area contributed by atoms with Crippen molar-refractivity contribution >= 4 is 39.0 Å². The highest BCUT2D eigenvalue weighted by molar-refractivity contribution is 9.10. The van der Waals surface area contributed by atoms with Gasteiger partial charge in [0.25, 0.3) is 5.91 Å². The molecule has 2 aromatic heterocycles. The van der Waals surface area contributed by atoms with Gasteiger partial charge in [0.15, 0.2) is 11.7 Å². The molecule has 2 aliphatic rings. The summed E-state index contributed by atoms with van der Waals surface area (Å²) in [4.78, 5) is 14.9. The topological polar surface area (TPSA) is 72.6 Å². The summed E-state index contributed by atoms with van der Waals surface area (Å²) in [6.45, 7) is 4.73. The van der Waals surface area contributed by atoms with Crippen LogP contribution in [0.4, 0.5) is 19.0 Å². The summed E-state index contributed by atoms with van der Waals surface area (Å²) in [5, 5.41) is 11.8. The highest BCUT2D eigenvalue weighted by atomic mass is 79.9. The number of alkyl halides is 3. The van der Waals surface area contributed by atoms with E-state index in [1.807, 2.05) is 11.4 Å². The van der Waals surface area contributed by atoms with Crippen LogP contribution in [0.15, 0.2) is 22.0 Å². The minimum Gasteiger partial charge on any atom is -0.370 e. The summed E-state index contributed by atoms with van der Waals surface area (Å²) in [7, 11) is 0. The summed E-state index contributed by atoms with van der Waals surface area (Å²) in [5.41, 5.74) is -0.0395. The van der Waals surface area contributed by atoms with Crippen LogP contribution in [0.2, 0.25) is 0 Å². The van der Waals surface area contributed by atoms with Crippen molar-refractivity contribution in [2.75, 3.05) is 44.7 Å². The molecule has 0 spiro atoms. The molecule has 2 aromatic rings. The lowest BCUT2D eigenvalue weighted by Crippen LogP contribution is -3.14. The van der Waals surface area contributed by atoms with Crippen LogP contribution in [0.5, 0.6) is 0 Å². The molecule has 31 heavy (non-hydrogen) atoms. The number of rotatable bonds is 6. The molecule has 12 heteroatoms. The molecule has 1 amide bonds. The molecule has 7 nitrogen and oxygen atoms in total. The van der Waals surface area contributed by atoms with Crippen molar-refractivity contribution in [1.29, 1.82) is 0 Å². The number of hydrogen-bond acceptors (Lipinski definition) is 5. The van der Waals surface area contributed by atoms with Gasteiger partial charge >= 0.3 is 6.18 Å². The average molecular weight is 523 g/mol. The van der Waals surface area contributed by atoms with Crippen molar-refractivity contribution in [1.82, 2.24) is 15.1 Å². The second kappa shape index (κ2) is 9.47. The molecular weight excluding hydrogens is 499 g/mol. The molecule has 2 atom stereocenters. The Kier molecular flexibility index (Phi) is 6.89. The Balaban J connectivity index is 1.45. The normalized spacial score (nSPS) is 22.1. The first-order valence-corrected chi connectivity index (χ1v) is 11.9. The van der Waals surface area contributed by atoms with Gasteiger partial charge in [0.05, 0.1) is 30.3 Å². The molecule has 3 N–H and O–H groups in total. The van der Waals surface area contributed by atoms with Crippen LogP contribution in [-0.4, -0.2) is 61.3 Å². The highest BCUT2D eigenvalue weighted by Crippen LogP contribution is 2.46. The van der Waals surface area contributed by atoms with Crippen molar-refractivity contribution in [3.05, 3.63) is 32.6 Å². The number of carbonyl (C=O) groups excluding carboxylic acids is 1. The average Bonchev–Trinajstić information content (AvgIpc) is 3.39. The molecule has 170 valence electrons. The van der Waals surface area contributed by atoms with Crippen LogP contribution in [0, 0.1) is 0 Å². The summed E-state index contributed by atoms with van der Waals surface area (Å²) in [6.07, 6.45) is -3.89. The maximum Gasteiger partial charge on any atom is 0.410 e. The number of carbonyl (C=O) groups is 1. The van der Waals surface area contributed by atoms with Crippen molar-refractivity contribution in [3.8, 4) is 0 Å². The van der Waals surface area contributed by atoms with Gasteiger partial charge in [-0.3, -0.25) is 4.79 Å². The van der Waals surface area contributed by atoms with Crippen LogP contribution >= 0.6 is 27.3 Å². The number of nitrogens with zero attached hydrogens (tertiary/aromatic N) is 2. The molecule has 1 saturated heterocycles. The van der Waals surface area contributed by atoms with Crippen LogP contribution in [0.25, 0.3) is 0 Å². The van der Waals surface area contributed by atoms with E-state index in [9.17, 15) is 18.0 Å². The Morgan fingerprint density at radius 2 is 2.19 bits per heavy atom. The van der Waals surface area contributed by atoms with E-state index in [1.54, 1.807) is 6.07 Å². The summed E-state index contributed by atoms with van der Waals surface area (Å²) in [6, 6.07) is 1.31. The third-order valence-corrected chi connectivity index (χ3v) is 7.33. The Morgan fingerprint density at radius 1 is 1.42 bits per heavy atom. The number of quaternary nitrogens is 1. The maximum atomic E-state index is 13.8. The van der Waals surface area contributed by atoms with Gasteiger partial charge in [0.1, 0.15) is 18.9 Å². The second-order valence-electron chi connectivity index (χ2n) is 7.68. The first-order valence-electron chi connectivity index (χ1n) is 10.2. The molecule has 0 bridgehead atoms. The van der Waals surface area contributed by atoms with Gasteiger partial charge in [-0.15, -0.1) is 11.3 Å². The van der Waals surface area contributed by atoms with Crippen molar-refractivity contribution < 1.29 is 27.6 Å². The number of thiophene rings is 1. The number of anilines is 1. The Labute approximate surface area is 190 Å².